The molecule has 0 aromatic heterocycles. The Labute approximate surface area is 370 Å². The van der Waals surface area contributed by atoms with Crippen LogP contribution in [0.1, 0.15) is 66.8 Å². The van der Waals surface area contributed by atoms with Crippen molar-refractivity contribution < 1.29 is 0 Å². The normalized spacial score (nSPS) is 11.7. The first kappa shape index (κ1) is 45.9. The molecule has 0 aliphatic carbocycles. The lowest BCUT2D eigenvalue weighted by atomic mass is 10.1. The van der Waals surface area contributed by atoms with E-state index in [2.05, 4.69) is 48.5 Å². The van der Waals surface area contributed by atoms with Crippen LogP contribution in [0.4, 0.5) is 0 Å². The van der Waals surface area contributed by atoms with E-state index in [9.17, 15) is 0 Å². The van der Waals surface area contributed by atoms with Crippen LogP contribution in [0.5, 0.6) is 0 Å². The Hall–Kier alpha value is 1.22. The Morgan fingerprint density at radius 1 is 0.250 bits per heavy atom. The van der Waals surface area contributed by atoms with Gasteiger partial charge in [0.2, 0.25) is 0 Å². The molecule has 0 heterocycles. The lowest BCUT2D eigenvalue weighted by molar-refractivity contribution is 1.26. The second-order valence-electron chi connectivity index (χ2n) is 12.0. The Bertz CT molecular complexity index is 1460. The molecule has 52 heavy (non-hydrogen) atoms. The summed E-state index contributed by atoms with van der Waals surface area (Å²) < 4.78 is 0. The molecule has 0 radical (unpaired) electrons. The molecule has 0 fully saturated rings. The van der Waals surface area contributed by atoms with E-state index < -0.39 is 15.8 Å². The predicted octanol–water partition coefficient (Wildman–Crippen LogP) is 14.1. The van der Waals surface area contributed by atoms with E-state index in [4.69, 9.17) is 139 Å². The summed E-state index contributed by atoms with van der Waals surface area (Å²) in [6.07, 6.45) is 1.45. The number of halogens is 12. The summed E-state index contributed by atoms with van der Waals surface area (Å²) in [4.78, 5) is 0. The highest BCUT2D eigenvalue weighted by Gasteiger charge is 2.31. The number of hydrogen-bond acceptors (Lipinski definition) is 0. The van der Waals surface area contributed by atoms with Crippen LogP contribution in [0.25, 0.3) is 0 Å². The first-order valence-electron chi connectivity index (χ1n) is 16.1. The van der Waals surface area contributed by atoms with E-state index in [1.807, 2.05) is 0 Å². The minimum absolute atomic E-state index is 0.281. The minimum atomic E-state index is -1.16. The third-order valence-electron chi connectivity index (χ3n) is 8.71. The lowest BCUT2D eigenvalue weighted by Crippen LogP contribution is -2.30. The van der Waals surface area contributed by atoms with Crippen molar-refractivity contribution in [2.24, 2.45) is 0 Å². The van der Waals surface area contributed by atoms with E-state index in [0.717, 1.165) is 100 Å². The second kappa shape index (κ2) is 23.0. The molecule has 0 amide bonds. The van der Waals surface area contributed by atoms with Crippen LogP contribution in [-0.4, -0.2) is 12.3 Å². The van der Waals surface area contributed by atoms with Gasteiger partial charge in [0.25, 0.3) is 0 Å². The Kier molecular flexibility index (Phi) is 20.3. The van der Waals surface area contributed by atoms with E-state index in [1.54, 1.807) is 0 Å². The number of alkyl halides is 12. The van der Waals surface area contributed by atoms with Crippen molar-refractivity contribution in [2.75, 3.05) is 12.3 Å². The van der Waals surface area contributed by atoms with Crippen LogP contribution in [0, 0.1) is 0 Å². The van der Waals surface area contributed by atoms with Crippen molar-refractivity contribution in [1.29, 1.82) is 0 Å². The van der Waals surface area contributed by atoms with Gasteiger partial charge in [-0.1, -0.05) is 48.5 Å². The smallest absolute Gasteiger partial charge is 0.0480 e. The topological polar surface area (TPSA) is 0 Å². The lowest BCUT2D eigenvalue weighted by Gasteiger charge is -2.32. The highest BCUT2D eigenvalue weighted by molar-refractivity contribution is 7.77. The summed E-state index contributed by atoms with van der Waals surface area (Å²) >= 11 is 79.6. The molecule has 4 rings (SSSR count). The summed E-state index contributed by atoms with van der Waals surface area (Å²) in [7, 11) is -2.32. The first-order valence-corrected chi connectivity index (χ1v) is 25.6. The van der Waals surface area contributed by atoms with Crippen molar-refractivity contribution in [3.63, 3.8) is 0 Å². The highest BCUT2D eigenvalue weighted by Crippen LogP contribution is 2.48. The van der Waals surface area contributed by atoms with Crippen LogP contribution in [0.15, 0.2) is 48.5 Å². The van der Waals surface area contributed by atoms with E-state index in [1.165, 1.54) is 0 Å². The van der Waals surface area contributed by atoms with Crippen LogP contribution in [0.3, 0.4) is 0 Å². The average molecular weight is 980 g/mol. The molecule has 0 aliphatic rings. The molecule has 14 heteroatoms. The summed E-state index contributed by atoms with van der Waals surface area (Å²) in [5, 5.41) is 4.45. The molecule has 0 saturated carbocycles. The van der Waals surface area contributed by atoms with Crippen LogP contribution >= 0.6 is 155 Å². The minimum Gasteiger partial charge on any atom is -0.122 e. The van der Waals surface area contributed by atoms with Crippen molar-refractivity contribution in [3.8, 4) is 0 Å². The number of hydrogen-bond donors (Lipinski definition) is 0. The van der Waals surface area contributed by atoms with Gasteiger partial charge in [0.15, 0.2) is 0 Å². The molecule has 0 N–H and O–H groups in total. The van der Waals surface area contributed by atoms with Gasteiger partial charge in [0, 0.05) is 70.6 Å². The summed E-state index contributed by atoms with van der Waals surface area (Å²) in [6, 6.07) is 16.7. The predicted molar refractivity (Wildman–Crippen MR) is 243 cm³/mol. The maximum Gasteiger partial charge on any atom is 0.0480 e. The highest BCUT2D eigenvalue weighted by atomic mass is 35.5. The van der Waals surface area contributed by atoms with E-state index >= 15 is 0 Å². The molecular formula is C38H36Cl12P2. The first-order chi connectivity index (χ1) is 25.2. The fourth-order valence-electron chi connectivity index (χ4n) is 6.71. The Balaban J connectivity index is 2.11. The third kappa shape index (κ3) is 10.6. The molecule has 282 valence electrons. The largest absolute Gasteiger partial charge is 0.122 e. The van der Waals surface area contributed by atoms with Crippen molar-refractivity contribution in [3.05, 3.63) is 115 Å². The number of benzene rings is 4. The van der Waals surface area contributed by atoms with E-state index in [-0.39, 0.29) is 47.0 Å². The van der Waals surface area contributed by atoms with Crippen molar-refractivity contribution >= 4 is 176 Å². The molecular weight excluding hydrogens is 944 g/mol. The number of rotatable bonds is 19. The third-order valence-corrected chi connectivity index (χ3v) is 18.4. The van der Waals surface area contributed by atoms with Crippen LogP contribution in [-0.2, 0) is 70.6 Å². The summed E-state index contributed by atoms with van der Waals surface area (Å²) in [6.45, 7) is 0. The Morgan fingerprint density at radius 2 is 0.404 bits per heavy atom. The van der Waals surface area contributed by atoms with Gasteiger partial charge >= 0.3 is 0 Å². The molecule has 4 aromatic rings. The molecule has 0 atom stereocenters. The van der Waals surface area contributed by atoms with Crippen LogP contribution < -0.4 is 21.2 Å². The van der Waals surface area contributed by atoms with Gasteiger partial charge in [-0.15, -0.1) is 139 Å². The van der Waals surface area contributed by atoms with Gasteiger partial charge in [-0.2, -0.15) is 0 Å². The zero-order chi connectivity index (χ0) is 37.9. The second-order valence-corrected chi connectivity index (χ2v) is 19.6. The fraction of sp³-hybridized carbons (Fsp3) is 0.368. The maximum absolute atomic E-state index is 6.76. The summed E-state index contributed by atoms with van der Waals surface area (Å²) in [5.74, 6) is 3.59. The fourth-order valence-corrected chi connectivity index (χ4v) is 16.6. The standard InChI is InChI=1S/C38H36Cl12P2/c39-11-23-3-27(15-43)35(28(4-23)16-44)51(36-29(17-45)5-24(12-40)6-30(36)18-46)1-2-52(37-31(19-47)7-25(13-41)8-32(37)20-48)38-33(21-49)9-26(14-42)10-34(38)22-50/h3-10H,1-2,11-22H2. The van der Waals surface area contributed by atoms with E-state index in [0.29, 0.717) is 23.5 Å². The van der Waals surface area contributed by atoms with Gasteiger partial charge in [0.1, 0.15) is 0 Å². The van der Waals surface area contributed by atoms with Gasteiger partial charge in [-0.3, -0.25) is 0 Å². The quantitative estimate of drug-likeness (QED) is 0.0649. The zero-order valence-corrected chi connectivity index (χ0v) is 38.8. The molecule has 0 aliphatic heterocycles. The van der Waals surface area contributed by atoms with Crippen LogP contribution in [0.2, 0.25) is 0 Å². The summed E-state index contributed by atoms with van der Waals surface area (Å²) in [5.41, 5.74) is 11.7. The zero-order valence-electron chi connectivity index (χ0n) is 27.9. The monoisotopic (exact) mass is 974 g/mol. The SMILES string of the molecule is ClCc1cc(CCl)c(P(CCP(c2c(CCl)cc(CCl)cc2CCl)c2c(CCl)cc(CCl)cc2CCl)c2c(CCl)cc(CCl)cc2CCl)c(CCl)c1. The maximum atomic E-state index is 6.76. The van der Waals surface area contributed by atoms with Gasteiger partial charge in [-0.05, 0) is 116 Å². The van der Waals surface area contributed by atoms with Crippen molar-refractivity contribution in [2.45, 2.75) is 70.6 Å². The molecule has 0 nitrogen and oxygen atoms in total. The van der Waals surface area contributed by atoms with Crippen molar-refractivity contribution in [1.82, 2.24) is 0 Å². The molecule has 0 unspecified atom stereocenters. The van der Waals surface area contributed by atoms with Gasteiger partial charge in [0.05, 0.1) is 0 Å². The molecule has 0 saturated heterocycles. The van der Waals surface area contributed by atoms with Gasteiger partial charge < -0.3 is 0 Å². The Morgan fingerprint density at radius 3 is 0.519 bits per heavy atom. The molecule has 4 aromatic carbocycles. The molecule has 0 spiro atoms. The molecule has 0 bridgehead atoms. The van der Waals surface area contributed by atoms with Gasteiger partial charge in [-0.25, -0.2) is 0 Å². The average Bonchev–Trinajstić information content (AvgIpc) is 3.20.